The lowest BCUT2D eigenvalue weighted by Gasteiger charge is -2.09. The molecule has 0 saturated heterocycles. The lowest BCUT2D eigenvalue weighted by molar-refractivity contribution is 0.0946. The van der Waals surface area contributed by atoms with Crippen molar-refractivity contribution in [2.75, 3.05) is 0 Å². The molecule has 6 heteroatoms. The third-order valence-corrected chi connectivity index (χ3v) is 4.37. The van der Waals surface area contributed by atoms with Crippen LogP contribution in [0, 0.1) is 6.92 Å². The van der Waals surface area contributed by atoms with Gasteiger partial charge in [0.15, 0.2) is 0 Å². The molecule has 0 saturated carbocycles. The highest BCUT2D eigenvalue weighted by atomic mass is 79.9. The Hall–Kier alpha value is -2.86. The Labute approximate surface area is 152 Å². The average molecular weight is 393 g/mol. The number of pyridine rings is 2. The van der Waals surface area contributed by atoms with Gasteiger partial charge >= 0.3 is 0 Å². The number of carbonyl (C=O) groups excluding carboxylic acids is 1. The first-order valence-corrected chi connectivity index (χ1v) is 8.48. The summed E-state index contributed by atoms with van der Waals surface area (Å²) in [5.74, 6) is -0.191. The molecule has 0 N–H and O–H groups in total. The van der Waals surface area contributed by atoms with Crippen LogP contribution >= 0.6 is 15.9 Å². The van der Waals surface area contributed by atoms with Crippen LogP contribution < -0.4 is 0 Å². The highest BCUT2D eigenvalue weighted by Gasteiger charge is 2.16. The second-order valence-electron chi connectivity index (χ2n) is 5.73. The van der Waals surface area contributed by atoms with Crippen LogP contribution in [0.3, 0.4) is 0 Å². The monoisotopic (exact) mass is 392 g/mol. The van der Waals surface area contributed by atoms with Gasteiger partial charge in [0.2, 0.25) is 0 Å². The molecule has 0 aliphatic heterocycles. The first-order valence-electron chi connectivity index (χ1n) is 7.68. The summed E-state index contributed by atoms with van der Waals surface area (Å²) in [5, 5.41) is 4.92. The normalized spacial score (nSPS) is 11.0. The molecule has 4 rings (SSSR count). The van der Waals surface area contributed by atoms with Gasteiger partial charge in [-0.3, -0.25) is 9.78 Å². The van der Waals surface area contributed by atoms with Crippen LogP contribution in [0.4, 0.5) is 0 Å². The van der Waals surface area contributed by atoms with E-state index in [1.807, 2.05) is 37.3 Å². The van der Waals surface area contributed by atoms with E-state index < -0.39 is 0 Å². The Bertz CT molecular complexity index is 1090. The standard InChI is InChI=1S/C19H13BrN4O/c1-12-9-22-24(11-12)19(25)16-8-18(13-3-2-6-21-10-13)23-17-5-4-14(20)7-15(16)17/h2-11H,1H3. The summed E-state index contributed by atoms with van der Waals surface area (Å²) >= 11 is 3.47. The second-order valence-corrected chi connectivity index (χ2v) is 6.64. The topological polar surface area (TPSA) is 60.7 Å². The lowest BCUT2D eigenvalue weighted by Crippen LogP contribution is -2.13. The van der Waals surface area contributed by atoms with E-state index in [2.05, 4.69) is 31.0 Å². The smallest absolute Gasteiger partial charge is 0.267 e. The molecule has 0 aliphatic carbocycles. The van der Waals surface area contributed by atoms with Gasteiger partial charge in [0.05, 0.1) is 23.0 Å². The summed E-state index contributed by atoms with van der Waals surface area (Å²) in [5.41, 5.74) is 3.79. The Balaban J connectivity index is 1.97. The number of benzene rings is 1. The summed E-state index contributed by atoms with van der Waals surface area (Å²) < 4.78 is 2.25. The molecule has 3 aromatic heterocycles. The molecule has 0 fully saturated rings. The SMILES string of the molecule is Cc1cnn(C(=O)c2cc(-c3cccnc3)nc3ccc(Br)cc23)c1. The van der Waals surface area contributed by atoms with Crippen molar-refractivity contribution in [3.63, 3.8) is 0 Å². The molecule has 0 atom stereocenters. The van der Waals surface area contributed by atoms with E-state index in [-0.39, 0.29) is 5.91 Å². The van der Waals surface area contributed by atoms with Crippen LogP contribution in [0.1, 0.15) is 15.9 Å². The number of aryl methyl sites for hydroxylation is 1. The minimum absolute atomic E-state index is 0.191. The molecule has 3 heterocycles. The maximum atomic E-state index is 13.0. The molecule has 0 radical (unpaired) electrons. The summed E-state index contributed by atoms with van der Waals surface area (Å²) in [7, 11) is 0. The first-order chi connectivity index (χ1) is 12.1. The van der Waals surface area contributed by atoms with E-state index in [4.69, 9.17) is 0 Å². The molecule has 0 aliphatic rings. The Morgan fingerprint density at radius 2 is 2.04 bits per heavy atom. The minimum Gasteiger partial charge on any atom is -0.267 e. The molecule has 1 aromatic carbocycles. The van der Waals surface area contributed by atoms with E-state index in [9.17, 15) is 4.79 Å². The molecular weight excluding hydrogens is 380 g/mol. The first kappa shape index (κ1) is 15.7. The van der Waals surface area contributed by atoms with Crippen molar-refractivity contribution in [1.29, 1.82) is 0 Å². The molecule has 0 bridgehead atoms. The van der Waals surface area contributed by atoms with Gasteiger partial charge in [-0.15, -0.1) is 0 Å². The second kappa shape index (κ2) is 6.22. The number of aromatic nitrogens is 4. The minimum atomic E-state index is -0.191. The van der Waals surface area contributed by atoms with Crippen molar-refractivity contribution in [1.82, 2.24) is 19.7 Å². The van der Waals surface area contributed by atoms with Gasteiger partial charge in [-0.05, 0) is 48.9 Å². The molecule has 5 nitrogen and oxygen atoms in total. The predicted molar refractivity (Wildman–Crippen MR) is 99.4 cm³/mol. The zero-order valence-electron chi connectivity index (χ0n) is 13.3. The number of fused-ring (bicyclic) bond motifs is 1. The highest BCUT2D eigenvalue weighted by molar-refractivity contribution is 9.10. The number of nitrogens with zero attached hydrogens (tertiary/aromatic N) is 4. The maximum Gasteiger partial charge on any atom is 0.278 e. The van der Waals surface area contributed by atoms with Gasteiger partial charge in [0, 0.05) is 34.0 Å². The highest BCUT2D eigenvalue weighted by Crippen LogP contribution is 2.27. The molecule has 4 aromatic rings. The van der Waals surface area contributed by atoms with E-state index in [0.29, 0.717) is 11.3 Å². The summed E-state index contributed by atoms with van der Waals surface area (Å²) in [6, 6.07) is 11.3. The van der Waals surface area contributed by atoms with Crippen molar-refractivity contribution in [2.45, 2.75) is 6.92 Å². The van der Waals surface area contributed by atoms with Crippen LogP contribution in [-0.2, 0) is 0 Å². The number of hydrogen-bond acceptors (Lipinski definition) is 4. The van der Waals surface area contributed by atoms with Crippen molar-refractivity contribution >= 4 is 32.7 Å². The van der Waals surface area contributed by atoms with E-state index in [0.717, 1.165) is 26.5 Å². The fourth-order valence-corrected chi connectivity index (χ4v) is 3.05. The summed E-state index contributed by atoms with van der Waals surface area (Å²) in [4.78, 5) is 21.8. The van der Waals surface area contributed by atoms with Gasteiger partial charge in [0.25, 0.3) is 5.91 Å². The molecule has 0 amide bonds. The van der Waals surface area contributed by atoms with Crippen LogP contribution in [0.25, 0.3) is 22.2 Å². The number of hydrogen-bond donors (Lipinski definition) is 0. The molecule has 25 heavy (non-hydrogen) atoms. The van der Waals surface area contributed by atoms with Crippen molar-refractivity contribution in [3.8, 4) is 11.3 Å². The van der Waals surface area contributed by atoms with Gasteiger partial charge in [-0.2, -0.15) is 5.10 Å². The lowest BCUT2D eigenvalue weighted by atomic mass is 10.0. The van der Waals surface area contributed by atoms with Crippen LogP contribution in [0.5, 0.6) is 0 Å². The van der Waals surface area contributed by atoms with Gasteiger partial charge in [-0.25, -0.2) is 9.67 Å². The number of rotatable bonds is 2. The van der Waals surface area contributed by atoms with Crippen LogP contribution in [0.15, 0.2) is 65.7 Å². The fraction of sp³-hybridized carbons (Fsp3) is 0.0526. The van der Waals surface area contributed by atoms with E-state index in [1.165, 1.54) is 4.68 Å². The average Bonchev–Trinajstić information content (AvgIpc) is 3.07. The third-order valence-electron chi connectivity index (χ3n) is 3.88. The fourth-order valence-electron chi connectivity index (χ4n) is 2.68. The summed E-state index contributed by atoms with van der Waals surface area (Å²) in [6.45, 7) is 1.90. The maximum absolute atomic E-state index is 13.0. The zero-order valence-corrected chi connectivity index (χ0v) is 14.9. The van der Waals surface area contributed by atoms with Gasteiger partial charge < -0.3 is 0 Å². The summed E-state index contributed by atoms with van der Waals surface area (Å²) in [6.07, 6.45) is 6.83. The Kier molecular flexibility index (Phi) is 3.89. The number of carbonyl (C=O) groups is 1. The van der Waals surface area contributed by atoms with Crippen molar-refractivity contribution < 1.29 is 4.79 Å². The van der Waals surface area contributed by atoms with E-state index in [1.54, 1.807) is 30.9 Å². The largest absolute Gasteiger partial charge is 0.278 e. The Morgan fingerprint density at radius 1 is 1.16 bits per heavy atom. The van der Waals surface area contributed by atoms with Gasteiger partial charge in [0.1, 0.15) is 0 Å². The van der Waals surface area contributed by atoms with Crippen LogP contribution in [0.2, 0.25) is 0 Å². The van der Waals surface area contributed by atoms with Crippen LogP contribution in [-0.4, -0.2) is 25.7 Å². The van der Waals surface area contributed by atoms with Crippen molar-refractivity contribution in [3.05, 3.63) is 76.8 Å². The molecule has 0 unspecified atom stereocenters. The molecular formula is C19H13BrN4O. The van der Waals surface area contributed by atoms with Gasteiger partial charge in [-0.1, -0.05) is 15.9 Å². The molecule has 0 spiro atoms. The third kappa shape index (κ3) is 2.96. The number of halogens is 1. The zero-order chi connectivity index (χ0) is 17.4. The molecule has 122 valence electrons. The quantitative estimate of drug-likeness (QED) is 0.511. The Morgan fingerprint density at radius 3 is 2.76 bits per heavy atom. The van der Waals surface area contributed by atoms with Crippen molar-refractivity contribution in [2.24, 2.45) is 0 Å². The predicted octanol–water partition coefficient (Wildman–Crippen LogP) is 4.25. The van der Waals surface area contributed by atoms with E-state index >= 15 is 0 Å².